The zero-order chi connectivity index (χ0) is 15.4. The maximum Gasteiger partial charge on any atom is 0.307 e. The molecule has 1 aromatic carbocycles. The molecular weight excluding hydrogens is 271 g/mol. The normalized spacial score (nSPS) is 16.5. The summed E-state index contributed by atoms with van der Waals surface area (Å²) in [5.74, 6) is -1.50. The average molecular weight is 294 g/mol. The van der Waals surface area contributed by atoms with E-state index in [1.165, 1.54) is 6.07 Å². The number of carboxylic acid groups (broad SMARTS) is 1. The second-order valence-electron chi connectivity index (χ2n) is 5.87. The third-order valence-electron chi connectivity index (χ3n) is 3.98. The Kier molecular flexibility index (Phi) is 5.17. The van der Waals surface area contributed by atoms with Gasteiger partial charge in [-0.3, -0.25) is 4.79 Å². The highest BCUT2D eigenvalue weighted by Crippen LogP contribution is 2.27. The second-order valence-corrected chi connectivity index (χ2v) is 5.87. The number of benzene rings is 1. The summed E-state index contributed by atoms with van der Waals surface area (Å²) in [6.45, 7) is 4.43. The van der Waals surface area contributed by atoms with Crippen LogP contribution >= 0.6 is 0 Å². The minimum Gasteiger partial charge on any atom is -0.481 e. The molecule has 116 valence electrons. The molecule has 1 aliphatic rings. The van der Waals surface area contributed by atoms with Crippen molar-refractivity contribution in [3.05, 3.63) is 29.6 Å². The summed E-state index contributed by atoms with van der Waals surface area (Å²) in [4.78, 5) is 15.0. The number of aliphatic carboxylic acids is 1. The third-order valence-corrected chi connectivity index (χ3v) is 3.98. The zero-order valence-corrected chi connectivity index (χ0v) is 12.7. The first kappa shape index (κ1) is 15.8. The molecule has 2 rings (SSSR count). The quantitative estimate of drug-likeness (QED) is 0.876. The molecule has 0 aromatic heterocycles. The minimum absolute atomic E-state index is 0.214. The van der Waals surface area contributed by atoms with Crippen LogP contribution in [-0.2, 0) is 11.3 Å². The van der Waals surface area contributed by atoms with E-state index in [1.807, 2.05) is 18.0 Å². The highest BCUT2D eigenvalue weighted by Gasteiger charge is 2.20. The molecule has 0 saturated carbocycles. The molecule has 4 nitrogen and oxygen atoms in total. The fourth-order valence-electron chi connectivity index (χ4n) is 2.84. The molecule has 1 saturated heterocycles. The van der Waals surface area contributed by atoms with Gasteiger partial charge < -0.3 is 14.9 Å². The van der Waals surface area contributed by atoms with E-state index in [9.17, 15) is 9.18 Å². The summed E-state index contributed by atoms with van der Waals surface area (Å²) >= 11 is 0. The molecule has 0 radical (unpaired) electrons. The van der Waals surface area contributed by atoms with Crippen LogP contribution in [0, 0.1) is 11.7 Å². The fraction of sp³-hybridized carbons (Fsp3) is 0.562. The molecule has 5 heteroatoms. The topological polar surface area (TPSA) is 43.8 Å². The Hall–Kier alpha value is -1.62. The first-order chi connectivity index (χ1) is 9.99. The number of nitrogens with zero attached hydrogens (tertiary/aromatic N) is 2. The summed E-state index contributed by atoms with van der Waals surface area (Å²) in [7, 11) is 1.83. The fourth-order valence-corrected chi connectivity index (χ4v) is 2.84. The SMILES string of the molecule is CC(CN(C)Cc1c(F)cccc1N1CCCC1)C(=O)O. The maximum atomic E-state index is 14.2. The average Bonchev–Trinajstić information content (AvgIpc) is 2.94. The summed E-state index contributed by atoms with van der Waals surface area (Å²) < 4.78 is 14.2. The van der Waals surface area contributed by atoms with E-state index in [-0.39, 0.29) is 5.82 Å². The predicted molar refractivity (Wildman–Crippen MR) is 81.0 cm³/mol. The first-order valence-corrected chi connectivity index (χ1v) is 7.42. The summed E-state index contributed by atoms with van der Waals surface area (Å²) in [6.07, 6.45) is 2.28. The molecule has 0 spiro atoms. The summed E-state index contributed by atoms with van der Waals surface area (Å²) in [6, 6.07) is 5.17. The van der Waals surface area contributed by atoms with E-state index >= 15 is 0 Å². The standard InChI is InChI=1S/C16H23FN2O2/c1-12(16(20)21)10-18(2)11-13-14(17)6-5-7-15(13)19-8-3-4-9-19/h5-7,12H,3-4,8-11H2,1-2H3,(H,20,21). The lowest BCUT2D eigenvalue weighted by Crippen LogP contribution is -2.29. The van der Waals surface area contributed by atoms with Crippen molar-refractivity contribution in [3.63, 3.8) is 0 Å². The van der Waals surface area contributed by atoms with Crippen LogP contribution in [0.3, 0.4) is 0 Å². The van der Waals surface area contributed by atoms with Crippen molar-refractivity contribution >= 4 is 11.7 Å². The number of rotatable bonds is 6. The first-order valence-electron chi connectivity index (χ1n) is 7.42. The van der Waals surface area contributed by atoms with Crippen molar-refractivity contribution in [2.75, 3.05) is 31.6 Å². The van der Waals surface area contributed by atoms with Crippen molar-refractivity contribution in [1.29, 1.82) is 0 Å². The minimum atomic E-state index is -0.824. The molecule has 1 unspecified atom stereocenters. The van der Waals surface area contributed by atoms with E-state index in [2.05, 4.69) is 4.90 Å². The predicted octanol–water partition coefficient (Wildman–Crippen LogP) is 2.58. The van der Waals surface area contributed by atoms with Gasteiger partial charge in [0.2, 0.25) is 0 Å². The van der Waals surface area contributed by atoms with Gasteiger partial charge in [0.05, 0.1) is 5.92 Å². The smallest absolute Gasteiger partial charge is 0.307 e. The second kappa shape index (κ2) is 6.89. The van der Waals surface area contributed by atoms with Crippen LogP contribution in [-0.4, -0.2) is 42.7 Å². The molecule has 21 heavy (non-hydrogen) atoms. The van der Waals surface area contributed by atoms with Gasteiger partial charge in [-0.2, -0.15) is 0 Å². The van der Waals surface area contributed by atoms with E-state index in [0.717, 1.165) is 31.6 Å². The number of anilines is 1. The van der Waals surface area contributed by atoms with Crippen LogP contribution in [0.1, 0.15) is 25.3 Å². The highest BCUT2D eigenvalue weighted by atomic mass is 19.1. The molecule has 1 heterocycles. The van der Waals surface area contributed by atoms with Gasteiger partial charge in [0.1, 0.15) is 5.82 Å². The number of hydrogen-bond acceptors (Lipinski definition) is 3. The lowest BCUT2D eigenvalue weighted by Gasteiger charge is -2.25. The highest BCUT2D eigenvalue weighted by molar-refractivity contribution is 5.69. The molecule has 1 aromatic rings. The van der Waals surface area contributed by atoms with Gasteiger partial charge in [0.25, 0.3) is 0 Å². The van der Waals surface area contributed by atoms with Gasteiger partial charge in [-0.1, -0.05) is 13.0 Å². The Bertz CT molecular complexity index is 501. The number of carbonyl (C=O) groups is 1. The molecule has 1 fully saturated rings. The van der Waals surface area contributed by atoms with Gasteiger partial charge in [-0.05, 0) is 32.0 Å². The lowest BCUT2D eigenvalue weighted by molar-refractivity contribution is -0.141. The van der Waals surface area contributed by atoms with Gasteiger partial charge in [0.15, 0.2) is 0 Å². The molecule has 0 bridgehead atoms. The van der Waals surface area contributed by atoms with E-state index in [1.54, 1.807) is 13.0 Å². The lowest BCUT2D eigenvalue weighted by atomic mass is 10.1. The Morgan fingerprint density at radius 3 is 2.71 bits per heavy atom. The number of carboxylic acids is 1. The Balaban J connectivity index is 2.13. The van der Waals surface area contributed by atoms with E-state index in [4.69, 9.17) is 5.11 Å². The van der Waals surface area contributed by atoms with Crippen molar-refractivity contribution in [3.8, 4) is 0 Å². The Morgan fingerprint density at radius 1 is 1.43 bits per heavy atom. The van der Waals surface area contributed by atoms with Gasteiger partial charge in [0, 0.05) is 37.4 Å². The third kappa shape index (κ3) is 3.94. The number of hydrogen-bond donors (Lipinski definition) is 1. The monoisotopic (exact) mass is 294 g/mol. The van der Waals surface area contributed by atoms with Gasteiger partial charge in [-0.15, -0.1) is 0 Å². The van der Waals surface area contributed by atoms with Crippen molar-refractivity contribution in [2.24, 2.45) is 5.92 Å². The van der Waals surface area contributed by atoms with Crippen molar-refractivity contribution < 1.29 is 14.3 Å². The van der Waals surface area contributed by atoms with Gasteiger partial charge in [-0.25, -0.2) is 4.39 Å². The molecular formula is C16H23FN2O2. The number of halogens is 1. The molecule has 0 aliphatic carbocycles. The van der Waals surface area contributed by atoms with E-state index in [0.29, 0.717) is 18.7 Å². The summed E-state index contributed by atoms with van der Waals surface area (Å²) in [5, 5.41) is 8.97. The summed E-state index contributed by atoms with van der Waals surface area (Å²) in [5.41, 5.74) is 1.61. The largest absolute Gasteiger partial charge is 0.481 e. The maximum absolute atomic E-state index is 14.2. The van der Waals surface area contributed by atoms with Crippen LogP contribution in [0.4, 0.5) is 10.1 Å². The molecule has 1 atom stereocenters. The van der Waals surface area contributed by atoms with Crippen molar-refractivity contribution in [2.45, 2.75) is 26.3 Å². The van der Waals surface area contributed by atoms with Crippen LogP contribution in [0.15, 0.2) is 18.2 Å². The zero-order valence-electron chi connectivity index (χ0n) is 12.7. The van der Waals surface area contributed by atoms with Gasteiger partial charge >= 0.3 is 5.97 Å². The Labute approximate surface area is 125 Å². The molecule has 0 amide bonds. The van der Waals surface area contributed by atoms with Crippen LogP contribution in [0.2, 0.25) is 0 Å². The van der Waals surface area contributed by atoms with Crippen LogP contribution in [0.25, 0.3) is 0 Å². The van der Waals surface area contributed by atoms with E-state index < -0.39 is 11.9 Å². The Morgan fingerprint density at radius 2 is 2.10 bits per heavy atom. The van der Waals surface area contributed by atoms with Crippen LogP contribution < -0.4 is 4.90 Å². The van der Waals surface area contributed by atoms with Crippen molar-refractivity contribution in [1.82, 2.24) is 4.90 Å². The molecule has 1 aliphatic heterocycles. The molecule has 1 N–H and O–H groups in total. The van der Waals surface area contributed by atoms with Crippen LogP contribution in [0.5, 0.6) is 0 Å².